The molecule has 0 radical (unpaired) electrons. The third-order valence-corrected chi connectivity index (χ3v) is 5.82. The van der Waals surface area contributed by atoms with E-state index in [1.807, 2.05) is 16.7 Å². The van der Waals surface area contributed by atoms with Gasteiger partial charge in [0.2, 0.25) is 0 Å². The molecule has 0 unspecified atom stereocenters. The number of aliphatic carboxylic acids is 1. The molecule has 0 spiro atoms. The van der Waals surface area contributed by atoms with Gasteiger partial charge < -0.3 is 20.8 Å². The first-order valence-corrected chi connectivity index (χ1v) is 10.7. The van der Waals surface area contributed by atoms with E-state index in [4.69, 9.17) is 16.2 Å². The molecule has 0 aliphatic heterocycles. The molecule has 1 aromatic heterocycles. The minimum atomic E-state index is -0.857. The lowest BCUT2D eigenvalue weighted by Crippen LogP contribution is -2.17. The molecule has 140 valence electrons. The molecule has 7 heteroatoms. The lowest BCUT2D eigenvalue weighted by Gasteiger charge is -2.16. The first kappa shape index (κ1) is 19.1. The number of halogens is 1. The van der Waals surface area contributed by atoms with Gasteiger partial charge in [0.1, 0.15) is 5.82 Å². The molecule has 27 heavy (non-hydrogen) atoms. The van der Waals surface area contributed by atoms with Crippen LogP contribution in [-0.2, 0) is 11.2 Å². The molecule has 0 bridgehead atoms. The summed E-state index contributed by atoms with van der Waals surface area (Å²) in [6.07, 6.45) is 1.61. The summed E-state index contributed by atoms with van der Waals surface area (Å²) in [5.41, 5.74) is 10.8. The Kier molecular flexibility index (Phi) is 5.29. The molecule has 0 amide bonds. The van der Waals surface area contributed by atoms with Crippen molar-refractivity contribution in [3.8, 4) is 5.69 Å². The lowest BCUT2D eigenvalue weighted by atomic mass is 10.1. The van der Waals surface area contributed by atoms with Crippen LogP contribution >= 0.6 is 7.92 Å². The summed E-state index contributed by atoms with van der Waals surface area (Å²) >= 11 is 0. The van der Waals surface area contributed by atoms with Crippen LogP contribution in [0.2, 0.25) is 0 Å². The third kappa shape index (κ3) is 3.58. The lowest BCUT2D eigenvalue weighted by molar-refractivity contribution is -0.136. The summed E-state index contributed by atoms with van der Waals surface area (Å²) < 4.78 is 15.5. The standard InChI is InChI=1S/C20H21FN3O2P/c1-27(2)20-15(7-8-19(25)26)16-10-17(23)12(11-22)9-18(16)24(20)14-5-3-13(21)4-6-14/h3-6,9-11,22H,7-8,23H2,1-2H3,(H,25,26). The van der Waals surface area contributed by atoms with Crippen molar-refractivity contribution in [2.24, 2.45) is 0 Å². The summed E-state index contributed by atoms with van der Waals surface area (Å²) in [6.45, 7) is 4.21. The van der Waals surface area contributed by atoms with Crippen LogP contribution in [-0.4, -0.2) is 35.2 Å². The number of nitrogens with two attached hydrogens (primary N) is 1. The van der Waals surface area contributed by atoms with Crippen LogP contribution < -0.4 is 11.2 Å². The molecule has 4 N–H and O–H groups in total. The number of benzene rings is 2. The van der Waals surface area contributed by atoms with Crippen molar-refractivity contribution in [1.29, 1.82) is 5.41 Å². The van der Waals surface area contributed by atoms with E-state index in [1.165, 1.54) is 18.3 Å². The molecule has 2 aromatic carbocycles. The van der Waals surface area contributed by atoms with Crippen molar-refractivity contribution < 1.29 is 14.3 Å². The molecule has 0 saturated carbocycles. The fourth-order valence-corrected chi connectivity index (χ4v) is 4.74. The highest BCUT2D eigenvalue weighted by molar-refractivity contribution is 7.64. The molecular weight excluding hydrogens is 364 g/mol. The number of nitrogen functional groups attached to an aromatic ring is 1. The number of fused-ring (bicyclic) bond motifs is 1. The van der Waals surface area contributed by atoms with Crippen molar-refractivity contribution in [3.05, 3.63) is 53.3 Å². The first-order valence-electron chi connectivity index (χ1n) is 8.45. The Morgan fingerprint density at radius 1 is 1.30 bits per heavy atom. The minimum absolute atomic E-state index is 0.0188. The minimum Gasteiger partial charge on any atom is -0.481 e. The van der Waals surface area contributed by atoms with Crippen LogP contribution in [0.25, 0.3) is 16.6 Å². The molecule has 3 rings (SSSR count). The number of carboxylic acid groups (broad SMARTS) is 1. The zero-order valence-electron chi connectivity index (χ0n) is 15.2. The van der Waals surface area contributed by atoms with Crippen molar-refractivity contribution in [2.45, 2.75) is 12.8 Å². The number of carbonyl (C=O) groups is 1. The topological polar surface area (TPSA) is 92.1 Å². The van der Waals surface area contributed by atoms with Gasteiger partial charge in [-0.15, -0.1) is 0 Å². The zero-order chi connectivity index (χ0) is 19.7. The predicted molar refractivity (Wildman–Crippen MR) is 110 cm³/mol. The summed E-state index contributed by atoms with van der Waals surface area (Å²) in [7, 11) is -0.591. The van der Waals surface area contributed by atoms with E-state index < -0.39 is 13.9 Å². The molecule has 0 aliphatic carbocycles. The van der Waals surface area contributed by atoms with E-state index in [0.29, 0.717) is 17.7 Å². The van der Waals surface area contributed by atoms with Gasteiger partial charge in [0.05, 0.1) is 5.52 Å². The second kappa shape index (κ2) is 7.49. The summed E-state index contributed by atoms with van der Waals surface area (Å²) in [5.74, 6) is -1.17. The predicted octanol–water partition coefficient (Wildman–Crippen LogP) is 3.73. The fraction of sp³-hybridized carbons (Fsp3) is 0.200. The molecule has 0 fully saturated rings. The van der Waals surface area contributed by atoms with Gasteiger partial charge in [-0.05, 0) is 61.7 Å². The van der Waals surface area contributed by atoms with Gasteiger partial charge in [-0.2, -0.15) is 0 Å². The second-order valence-electron chi connectivity index (χ2n) is 6.54. The quantitative estimate of drug-likeness (QED) is 0.343. The largest absolute Gasteiger partial charge is 0.481 e. The van der Waals surface area contributed by atoms with Gasteiger partial charge in [-0.1, -0.05) is 7.92 Å². The van der Waals surface area contributed by atoms with Gasteiger partial charge in [-0.25, -0.2) is 4.39 Å². The number of rotatable bonds is 6. The van der Waals surface area contributed by atoms with Gasteiger partial charge in [-0.3, -0.25) is 4.79 Å². The number of hydrogen-bond donors (Lipinski definition) is 3. The molecular formula is C20H21FN3O2P. The summed E-state index contributed by atoms with van der Waals surface area (Å²) in [6, 6.07) is 9.88. The van der Waals surface area contributed by atoms with Gasteiger partial charge in [0, 0.05) is 40.4 Å². The summed E-state index contributed by atoms with van der Waals surface area (Å²) in [4.78, 5) is 11.2. The second-order valence-corrected chi connectivity index (χ2v) is 8.76. The zero-order valence-corrected chi connectivity index (χ0v) is 16.1. The van der Waals surface area contributed by atoms with Gasteiger partial charge >= 0.3 is 5.97 Å². The van der Waals surface area contributed by atoms with E-state index in [0.717, 1.165) is 27.6 Å². The fourth-order valence-electron chi connectivity index (χ4n) is 3.34. The maximum atomic E-state index is 13.4. The van der Waals surface area contributed by atoms with Crippen molar-refractivity contribution in [2.75, 3.05) is 19.1 Å². The molecule has 0 aliphatic rings. The Bertz CT molecular complexity index is 1030. The normalized spacial score (nSPS) is 11.3. The molecule has 0 saturated heterocycles. The monoisotopic (exact) mass is 385 g/mol. The highest BCUT2D eigenvalue weighted by Gasteiger charge is 2.22. The van der Waals surface area contributed by atoms with Crippen molar-refractivity contribution >= 4 is 42.1 Å². The van der Waals surface area contributed by atoms with Gasteiger partial charge in [0.15, 0.2) is 0 Å². The maximum Gasteiger partial charge on any atom is 0.303 e. The highest BCUT2D eigenvalue weighted by Crippen LogP contribution is 2.36. The van der Waals surface area contributed by atoms with E-state index in [-0.39, 0.29) is 12.2 Å². The number of carboxylic acids is 1. The van der Waals surface area contributed by atoms with E-state index in [2.05, 4.69) is 13.3 Å². The van der Waals surface area contributed by atoms with Crippen LogP contribution in [0.4, 0.5) is 10.1 Å². The number of anilines is 1. The van der Waals surface area contributed by atoms with Crippen molar-refractivity contribution in [1.82, 2.24) is 4.57 Å². The average Bonchev–Trinajstić information content (AvgIpc) is 2.93. The molecule has 1 heterocycles. The van der Waals surface area contributed by atoms with Crippen LogP contribution in [0.3, 0.4) is 0 Å². The van der Waals surface area contributed by atoms with Crippen molar-refractivity contribution in [3.63, 3.8) is 0 Å². The third-order valence-electron chi connectivity index (χ3n) is 4.50. The van der Waals surface area contributed by atoms with Crippen LogP contribution in [0.5, 0.6) is 0 Å². The Labute approximate surface area is 157 Å². The molecule has 3 aromatic rings. The maximum absolute atomic E-state index is 13.4. The Morgan fingerprint density at radius 3 is 2.52 bits per heavy atom. The van der Waals surface area contributed by atoms with Crippen LogP contribution in [0.1, 0.15) is 17.5 Å². The van der Waals surface area contributed by atoms with E-state index >= 15 is 0 Å². The number of nitrogens with one attached hydrogen (secondary N) is 1. The van der Waals surface area contributed by atoms with Gasteiger partial charge in [0.25, 0.3) is 0 Å². The van der Waals surface area contributed by atoms with Crippen LogP contribution in [0, 0.1) is 11.2 Å². The highest BCUT2D eigenvalue weighted by atomic mass is 31.1. The molecule has 5 nitrogen and oxygen atoms in total. The smallest absolute Gasteiger partial charge is 0.303 e. The number of nitrogens with zero attached hydrogens (tertiary/aromatic N) is 1. The molecule has 0 atom stereocenters. The Morgan fingerprint density at radius 2 is 1.96 bits per heavy atom. The SMILES string of the molecule is CP(C)c1c(CCC(=O)O)c2cc(N)c(C=N)cc2n1-c1ccc(F)cc1. The van der Waals surface area contributed by atoms with E-state index in [9.17, 15) is 9.18 Å². The Balaban J connectivity index is 2.39. The number of aryl methyl sites for hydroxylation is 1. The van der Waals surface area contributed by atoms with Crippen LogP contribution in [0.15, 0.2) is 36.4 Å². The number of aromatic nitrogens is 1. The summed E-state index contributed by atoms with van der Waals surface area (Å²) in [5, 5.41) is 17.7. The average molecular weight is 385 g/mol. The van der Waals surface area contributed by atoms with E-state index in [1.54, 1.807) is 12.1 Å². The first-order chi connectivity index (χ1) is 12.8. The Hall–Kier alpha value is -2.72. The number of hydrogen-bond acceptors (Lipinski definition) is 3.